The molecule has 0 spiro atoms. The van der Waals surface area contributed by atoms with E-state index in [0.29, 0.717) is 11.5 Å². The summed E-state index contributed by atoms with van der Waals surface area (Å²) >= 11 is 0. The zero-order valence-electron chi connectivity index (χ0n) is 16.2. The smallest absolute Gasteiger partial charge is 0.433 e. The molecule has 0 N–H and O–H groups in total. The van der Waals surface area contributed by atoms with Gasteiger partial charge in [-0.25, -0.2) is 13.4 Å². The van der Waals surface area contributed by atoms with Crippen LogP contribution in [-0.2, 0) is 16.2 Å². The fourth-order valence-corrected chi connectivity index (χ4v) is 4.51. The molecule has 3 rings (SSSR count). The molecule has 0 unspecified atom stereocenters. The number of aromatic nitrogens is 2. The van der Waals surface area contributed by atoms with Crippen LogP contribution >= 0.6 is 0 Å². The van der Waals surface area contributed by atoms with E-state index in [0.717, 1.165) is 12.3 Å². The Kier molecular flexibility index (Phi) is 6.36. The van der Waals surface area contributed by atoms with Gasteiger partial charge >= 0.3 is 12.2 Å². The van der Waals surface area contributed by atoms with Gasteiger partial charge in [0.05, 0.1) is 19.1 Å². The normalized spacial score (nSPS) is 16.3. The molecule has 1 aliphatic heterocycles. The molecule has 2 aromatic rings. The van der Waals surface area contributed by atoms with E-state index in [2.05, 4.69) is 9.97 Å². The summed E-state index contributed by atoms with van der Waals surface area (Å²) in [4.78, 5) is 7.14. The van der Waals surface area contributed by atoms with Crippen molar-refractivity contribution in [1.82, 2.24) is 14.3 Å². The minimum atomic E-state index is -4.60. The van der Waals surface area contributed by atoms with E-state index in [-0.39, 0.29) is 36.8 Å². The number of rotatable bonds is 6. The Hall–Kier alpha value is -2.60. The molecule has 0 bridgehead atoms. The minimum absolute atomic E-state index is 0.0562. The first-order chi connectivity index (χ1) is 14.1. The lowest BCUT2D eigenvalue weighted by Gasteiger charge is -2.31. The van der Waals surface area contributed by atoms with Crippen LogP contribution in [0.3, 0.4) is 0 Å². The predicted octanol–water partition coefficient (Wildman–Crippen LogP) is 2.74. The fourth-order valence-electron chi connectivity index (χ4n) is 3.02. The van der Waals surface area contributed by atoms with Crippen LogP contribution in [0, 0.1) is 0 Å². The lowest BCUT2D eigenvalue weighted by atomic mass is 10.1. The van der Waals surface area contributed by atoms with Gasteiger partial charge in [-0.1, -0.05) is 0 Å². The number of hydrogen-bond acceptors (Lipinski definition) is 7. The third-order valence-corrected chi connectivity index (χ3v) is 6.48. The molecule has 1 aromatic carbocycles. The van der Waals surface area contributed by atoms with E-state index in [1.165, 1.54) is 36.7 Å². The summed E-state index contributed by atoms with van der Waals surface area (Å²) in [6.07, 6.45) is -3.55. The summed E-state index contributed by atoms with van der Waals surface area (Å²) in [5.41, 5.74) is -1.10. The minimum Gasteiger partial charge on any atom is -0.493 e. The molecule has 0 aliphatic carbocycles. The number of alkyl halides is 3. The summed E-state index contributed by atoms with van der Waals surface area (Å²) in [7, 11) is -0.921. The monoisotopic (exact) mass is 447 g/mol. The molecule has 2 heterocycles. The molecule has 30 heavy (non-hydrogen) atoms. The third kappa shape index (κ3) is 4.75. The highest BCUT2D eigenvalue weighted by Crippen LogP contribution is 2.32. The first kappa shape index (κ1) is 22.1. The second-order valence-corrected chi connectivity index (χ2v) is 8.40. The Morgan fingerprint density at radius 1 is 1.07 bits per heavy atom. The molecule has 1 aromatic heterocycles. The zero-order valence-corrected chi connectivity index (χ0v) is 17.0. The molecule has 1 fully saturated rings. The molecule has 8 nitrogen and oxygen atoms in total. The van der Waals surface area contributed by atoms with Crippen LogP contribution in [-0.4, -0.2) is 56.1 Å². The Balaban J connectivity index is 1.66. The second-order valence-electron chi connectivity index (χ2n) is 6.46. The van der Waals surface area contributed by atoms with Gasteiger partial charge in [0.25, 0.3) is 0 Å². The lowest BCUT2D eigenvalue weighted by molar-refractivity contribution is -0.141. The number of ether oxygens (including phenoxy) is 3. The van der Waals surface area contributed by atoms with Gasteiger partial charge in [0.2, 0.25) is 10.0 Å². The third-order valence-electron chi connectivity index (χ3n) is 4.59. The van der Waals surface area contributed by atoms with Gasteiger partial charge in [0.1, 0.15) is 6.10 Å². The van der Waals surface area contributed by atoms with E-state index in [9.17, 15) is 21.6 Å². The summed E-state index contributed by atoms with van der Waals surface area (Å²) in [5, 5.41) is 0. The Morgan fingerprint density at radius 3 is 2.33 bits per heavy atom. The molecule has 0 saturated carbocycles. The Morgan fingerprint density at radius 2 is 1.73 bits per heavy atom. The maximum atomic E-state index is 12.9. The van der Waals surface area contributed by atoms with Crippen molar-refractivity contribution in [3.8, 4) is 17.5 Å². The van der Waals surface area contributed by atoms with E-state index in [1.54, 1.807) is 0 Å². The summed E-state index contributed by atoms with van der Waals surface area (Å²) < 4.78 is 81.1. The highest BCUT2D eigenvalue weighted by molar-refractivity contribution is 7.89. The van der Waals surface area contributed by atoms with Gasteiger partial charge in [0.15, 0.2) is 17.2 Å². The molecule has 164 valence electrons. The summed E-state index contributed by atoms with van der Waals surface area (Å²) in [6.45, 7) is 0.278. The standard InChI is InChI=1S/C18H20F3N3O5S/c1-27-14-4-3-13(11-15(14)28-2)30(25,26)24-9-6-12(7-10-24)29-17-22-8-5-16(23-17)18(19,20)21/h3-5,8,11-12H,6-7,9-10H2,1-2H3. The van der Waals surface area contributed by atoms with Crippen LogP contribution in [0.5, 0.6) is 17.5 Å². The number of halogens is 3. The average Bonchev–Trinajstić information content (AvgIpc) is 2.73. The molecular formula is C18H20F3N3O5S. The van der Waals surface area contributed by atoms with Crippen LogP contribution in [0.4, 0.5) is 13.2 Å². The molecule has 1 aliphatic rings. The van der Waals surface area contributed by atoms with Crippen molar-refractivity contribution in [3.05, 3.63) is 36.2 Å². The molecule has 12 heteroatoms. The van der Waals surface area contributed by atoms with Gasteiger partial charge < -0.3 is 14.2 Å². The van der Waals surface area contributed by atoms with Crippen LogP contribution in [0.25, 0.3) is 0 Å². The number of benzene rings is 1. The average molecular weight is 447 g/mol. The highest BCUT2D eigenvalue weighted by atomic mass is 32.2. The highest BCUT2D eigenvalue weighted by Gasteiger charge is 2.34. The SMILES string of the molecule is COc1ccc(S(=O)(=O)N2CCC(Oc3nccc(C(F)(F)F)n3)CC2)cc1OC. The zero-order chi connectivity index (χ0) is 21.9. The van der Waals surface area contributed by atoms with Crippen LogP contribution in [0.2, 0.25) is 0 Å². The van der Waals surface area contributed by atoms with E-state index in [1.807, 2.05) is 0 Å². The van der Waals surface area contributed by atoms with Crippen molar-refractivity contribution in [2.45, 2.75) is 30.0 Å². The first-order valence-corrected chi connectivity index (χ1v) is 10.4. The quantitative estimate of drug-likeness (QED) is 0.673. The maximum absolute atomic E-state index is 12.9. The molecule has 0 radical (unpaired) electrons. The number of hydrogen-bond donors (Lipinski definition) is 0. The van der Waals surface area contributed by atoms with E-state index >= 15 is 0 Å². The van der Waals surface area contributed by atoms with Gasteiger partial charge in [-0.2, -0.15) is 22.5 Å². The first-order valence-electron chi connectivity index (χ1n) is 8.94. The molecular weight excluding hydrogens is 427 g/mol. The van der Waals surface area contributed by atoms with Crippen molar-refractivity contribution >= 4 is 10.0 Å². The fraction of sp³-hybridized carbons (Fsp3) is 0.444. The van der Waals surface area contributed by atoms with Crippen molar-refractivity contribution in [3.63, 3.8) is 0 Å². The van der Waals surface area contributed by atoms with Crippen molar-refractivity contribution in [1.29, 1.82) is 0 Å². The maximum Gasteiger partial charge on any atom is 0.433 e. The summed E-state index contributed by atoms with van der Waals surface area (Å²) in [5.74, 6) is 0.697. The van der Waals surface area contributed by atoms with Gasteiger partial charge in [-0.15, -0.1) is 0 Å². The van der Waals surface area contributed by atoms with Gasteiger partial charge in [-0.3, -0.25) is 0 Å². The predicted molar refractivity (Wildman–Crippen MR) is 99.0 cm³/mol. The molecule has 1 saturated heterocycles. The van der Waals surface area contributed by atoms with Crippen molar-refractivity contribution in [2.75, 3.05) is 27.3 Å². The second kappa shape index (κ2) is 8.64. The topological polar surface area (TPSA) is 90.9 Å². The largest absolute Gasteiger partial charge is 0.493 e. The van der Waals surface area contributed by atoms with E-state index in [4.69, 9.17) is 14.2 Å². The molecule has 0 atom stereocenters. The Labute approximate surface area is 171 Å². The lowest BCUT2D eigenvalue weighted by Crippen LogP contribution is -2.41. The van der Waals surface area contributed by atoms with E-state index < -0.39 is 28.0 Å². The van der Waals surface area contributed by atoms with Crippen LogP contribution in [0.15, 0.2) is 35.4 Å². The number of nitrogens with zero attached hydrogens (tertiary/aromatic N) is 3. The van der Waals surface area contributed by atoms with Gasteiger partial charge in [0, 0.05) is 25.4 Å². The van der Waals surface area contributed by atoms with Gasteiger partial charge in [-0.05, 0) is 31.0 Å². The molecule has 0 amide bonds. The van der Waals surface area contributed by atoms with Crippen LogP contribution in [0.1, 0.15) is 18.5 Å². The van der Waals surface area contributed by atoms with Crippen molar-refractivity contribution in [2.24, 2.45) is 0 Å². The summed E-state index contributed by atoms with van der Waals surface area (Å²) in [6, 6.07) is 4.69. The van der Waals surface area contributed by atoms with Crippen molar-refractivity contribution < 1.29 is 35.8 Å². The van der Waals surface area contributed by atoms with Crippen LogP contribution < -0.4 is 14.2 Å². The Bertz CT molecular complexity index is 993. The number of piperidine rings is 1. The number of sulfonamides is 1. The number of methoxy groups -OCH3 is 2.